The van der Waals surface area contributed by atoms with Crippen molar-refractivity contribution >= 4 is 10.0 Å². The van der Waals surface area contributed by atoms with E-state index < -0.39 is 10.0 Å². The molecule has 5 nitrogen and oxygen atoms in total. The van der Waals surface area contributed by atoms with Crippen molar-refractivity contribution in [2.75, 3.05) is 20.0 Å². The van der Waals surface area contributed by atoms with Crippen LogP contribution in [-0.4, -0.2) is 32.7 Å². The number of nitrogens with zero attached hydrogens (tertiary/aromatic N) is 1. The fraction of sp³-hybridized carbons (Fsp3) is 0.333. The van der Waals surface area contributed by atoms with Gasteiger partial charge in [0.15, 0.2) is 0 Å². The van der Waals surface area contributed by atoms with E-state index >= 15 is 0 Å². The van der Waals surface area contributed by atoms with Crippen LogP contribution in [0, 0.1) is 5.92 Å². The smallest absolute Gasteiger partial charge is 0.215 e. The predicted molar refractivity (Wildman–Crippen MR) is 108 cm³/mol. The second kappa shape index (κ2) is 9.58. The first kappa shape index (κ1) is 21.0. The normalized spacial score (nSPS) is 12.6. The van der Waals surface area contributed by atoms with Gasteiger partial charge in [0.25, 0.3) is 0 Å². The molecule has 6 heteroatoms. The summed E-state index contributed by atoms with van der Waals surface area (Å²) in [6.45, 7) is 6.14. The van der Waals surface area contributed by atoms with Crippen molar-refractivity contribution in [1.29, 1.82) is 0 Å². The van der Waals surface area contributed by atoms with Crippen LogP contribution in [0.2, 0.25) is 0 Å². The Morgan fingerprint density at radius 3 is 1.67 bits per heavy atom. The number of ether oxygens (including phenoxy) is 2. The second-order valence-electron chi connectivity index (χ2n) is 6.46. The van der Waals surface area contributed by atoms with Gasteiger partial charge in [0.1, 0.15) is 11.5 Å². The SMILES string of the molecule is C=CC(C)CS(=O)(=O)N(Cc1ccc(OC)cc1)Cc1ccc(OC)cc1. The average molecular weight is 390 g/mol. The summed E-state index contributed by atoms with van der Waals surface area (Å²) < 4.78 is 37.8. The third-order valence-corrected chi connectivity index (χ3v) is 6.30. The molecule has 0 aromatic heterocycles. The summed E-state index contributed by atoms with van der Waals surface area (Å²) in [4.78, 5) is 0. The molecule has 2 aromatic rings. The molecule has 0 aliphatic rings. The summed E-state index contributed by atoms with van der Waals surface area (Å²) >= 11 is 0. The summed E-state index contributed by atoms with van der Waals surface area (Å²) in [6, 6.07) is 14.9. The summed E-state index contributed by atoms with van der Waals surface area (Å²) in [5.74, 6) is 1.39. The molecule has 0 radical (unpaired) electrons. The zero-order valence-electron chi connectivity index (χ0n) is 16.1. The van der Waals surface area contributed by atoms with E-state index in [2.05, 4.69) is 6.58 Å². The zero-order valence-corrected chi connectivity index (χ0v) is 16.9. The molecule has 1 unspecified atom stereocenters. The van der Waals surface area contributed by atoms with Crippen molar-refractivity contribution in [1.82, 2.24) is 4.31 Å². The fourth-order valence-electron chi connectivity index (χ4n) is 2.63. The Kier molecular flexibility index (Phi) is 7.45. The monoisotopic (exact) mass is 389 g/mol. The Bertz CT molecular complexity index is 780. The molecule has 0 heterocycles. The minimum absolute atomic E-state index is 0.0306. The Labute approximate surface area is 162 Å². The molecule has 0 aliphatic carbocycles. The van der Waals surface area contributed by atoms with E-state index in [0.29, 0.717) is 13.1 Å². The number of methoxy groups -OCH3 is 2. The van der Waals surface area contributed by atoms with Crippen molar-refractivity contribution in [2.24, 2.45) is 5.92 Å². The largest absolute Gasteiger partial charge is 0.497 e. The molecule has 0 bridgehead atoms. The lowest BCUT2D eigenvalue weighted by molar-refractivity contribution is 0.395. The molecule has 0 spiro atoms. The lowest BCUT2D eigenvalue weighted by Gasteiger charge is -2.24. The maximum Gasteiger partial charge on any atom is 0.215 e. The highest BCUT2D eigenvalue weighted by Gasteiger charge is 2.24. The van der Waals surface area contributed by atoms with Crippen LogP contribution >= 0.6 is 0 Å². The van der Waals surface area contributed by atoms with Gasteiger partial charge in [-0.2, -0.15) is 4.31 Å². The van der Waals surface area contributed by atoms with Gasteiger partial charge in [-0.3, -0.25) is 0 Å². The predicted octanol–water partition coefficient (Wildman–Crippen LogP) is 3.86. The molecule has 0 N–H and O–H groups in total. The summed E-state index contributed by atoms with van der Waals surface area (Å²) in [6.07, 6.45) is 1.66. The van der Waals surface area contributed by atoms with Crippen LogP contribution in [0.3, 0.4) is 0 Å². The van der Waals surface area contributed by atoms with Crippen molar-refractivity contribution in [3.8, 4) is 11.5 Å². The first-order valence-corrected chi connectivity index (χ1v) is 10.3. The Morgan fingerprint density at radius 2 is 1.33 bits per heavy atom. The minimum atomic E-state index is -3.46. The highest BCUT2D eigenvalue weighted by atomic mass is 32.2. The van der Waals surface area contributed by atoms with E-state index in [-0.39, 0.29) is 11.7 Å². The van der Waals surface area contributed by atoms with Gasteiger partial charge in [0.2, 0.25) is 10.0 Å². The number of benzene rings is 2. The van der Waals surface area contributed by atoms with E-state index in [1.807, 2.05) is 55.5 Å². The van der Waals surface area contributed by atoms with E-state index in [9.17, 15) is 8.42 Å². The van der Waals surface area contributed by atoms with E-state index in [4.69, 9.17) is 9.47 Å². The molecule has 2 aromatic carbocycles. The van der Waals surface area contributed by atoms with E-state index in [1.54, 1.807) is 20.3 Å². The second-order valence-corrected chi connectivity index (χ2v) is 8.47. The summed E-state index contributed by atoms with van der Waals surface area (Å²) in [7, 11) is -0.255. The molecule has 2 rings (SSSR count). The lowest BCUT2D eigenvalue weighted by Crippen LogP contribution is -2.33. The molecule has 0 fully saturated rings. The first-order valence-electron chi connectivity index (χ1n) is 8.74. The highest BCUT2D eigenvalue weighted by molar-refractivity contribution is 7.89. The van der Waals surface area contributed by atoms with Gasteiger partial charge in [-0.05, 0) is 41.3 Å². The van der Waals surface area contributed by atoms with Gasteiger partial charge >= 0.3 is 0 Å². The third kappa shape index (κ3) is 6.12. The van der Waals surface area contributed by atoms with Crippen LogP contribution in [0.1, 0.15) is 18.1 Å². The lowest BCUT2D eigenvalue weighted by atomic mass is 10.2. The van der Waals surface area contributed by atoms with Gasteiger partial charge in [0.05, 0.1) is 20.0 Å². The molecule has 146 valence electrons. The standard InChI is InChI=1S/C21H27NO4S/c1-5-17(2)16-27(23,24)22(14-18-6-10-20(25-3)11-7-18)15-19-8-12-21(26-4)13-9-19/h5-13,17H,1,14-16H2,2-4H3. The average Bonchev–Trinajstić information content (AvgIpc) is 2.68. The van der Waals surface area contributed by atoms with Gasteiger partial charge in [-0.15, -0.1) is 6.58 Å². The molecular weight excluding hydrogens is 362 g/mol. The molecule has 27 heavy (non-hydrogen) atoms. The Hall–Kier alpha value is -2.31. The van der Waals surface area contributed by atoms with E-state index in [0.717, 1.165) is 22.6 Å². The first-order chi connectivity index (χ1) is 12.9. The fourth-order valence-corrected chi connectivity index (χ4v) is 4.33. The van der Waals surface area contributed by atoms with Crippen LogP contribution < -0.4 is 9.47 Å². The topological polar surface area (TPSA) is 55.8 Å². The summed E-state index contributed by atoms with van der Waals surface area (Å²) in [5, 5.41) is 0. The van der Waals surface area contributed by atoms with Gasteiger partial charge in [-0.1, -0.05) is 37.3 Å². The maximum absolute atomic E-state index is 13.0. The van der Waals surface area contributed by atoms with Gasteiger partial charge in [-0.25, -0.2) is 8.42 Å². The number of sulfonamides is 1. The van der Waals surface area contributed by atoms with Crippen molar-refractivity contribution in [3.63, 3.8) is 0 Å². The van der Waals surface area contributed by atoms with E-state index in [1.165, 1.54) is 4.31 Å². The zero-order chi connectivity index (χ0) is 19.9. The van der Waals surface area contributed by atoms with Crippen LogP contribution in [-0.2, 0) is 23.1 Å². The van der Waals surface area contributed by atoms with Gasteiger partial charge in [0, 0.05) is 13.1 Å². The van der Waals surface area contributed by atoms with Crippen molar-refractivity contribution in [3.05, 3.63) is 72.3 Å². The maximum atomic E-state index is 13.0. The molecule has 0 aliphatic heterocycles. The number of hydrogen-bond donors (Lipinski definition) is 0. The number of hydrogen-bond acceptors (Lipinski definition) is 4. The van der Waals surface area contributed by atoms with Crippen LogP contribution in [0.5, 0.6) is 11.5 Å². The molecule has 1 atom stereocenters. The molecule has 0 saturated carbocycles. The third-order valence-electron chi connectivity index (χ3n) is 4.31. The molecular formula is C21H27NO4S. The van der Waals surface area contributed by atoms with Crippen molar-refractivity contribution < 1.29 is 17.9 Å². The molecule has 0 saturated heterocycles. The van der Waals surface area contributed by atoms with Crippen LogP contribution in [0.15, 0.2) is 61.2 Å². The minimum Gasteiger partial charge on any atom is -0.497 e. The van der Waals surface area contributed by atoms with Gasteiger partial charge < -0.3 is 9.47 Å². The quantitative estimate of drug-likeness (QED) is 0.579. The van der Waals surface area contributed by atoms with Crippen molar-refractivity contribution in [2.45, 2.75) is 20.0 Å². The highest BCUT2D eigenvalue weighted by Crippen LogP contribution is 2.20. The molecule has 0 amide bonds. The van der Waals surface area contributed by atoms with Crippen LogP contribution in [0.25, 0.3) is 0 Å². The Balaban J connectivity index is 2.26. The summed E-state index contributed by atoms with van der Waals surface area (Å²) in [5.41, 5.74) is 1.80. The Morgan fingerprint density at radius 1 is 0.926 bits per heavy atom. The number of allylic oxidation sites excluding steroid dienone is 1. The van der Waals surface area contributed by atoms with Crippen LogP contribution in [0.4, 0.5) is 0 Å². The number of rotatable bonds is 10.